The summed E-state index contributed by atoms with van der Waals surface area (Å²) in [6, 6.07) is 33.7. The van der Waals surface area contributed by atoms with Gasteiger partial charge in [-0.1, -0.05) is 86.6 Å². The summed E-state index contributed by atoms with van der Waals surface area (Å²) in [7, 11) is 0. The molecule has 52 heavy (non-hydrogen) atoms. The summed E-state index contributed by atoms with van der Waals surface area (Å²) in [6.07, 6.45) is 5.82. The molecule has 1 aliphatic rings. The minimum Gasteiger partial charge on any atom is -0.486 e. The first kappa shape index (κ1) is 36.4. The lowest BCUT2D eigenvalue weighted by Crippen LogP contribution is -2.38. The van der Waals surface area contributed by atoms with Crippen LogP contribution in [0.5, 0.6) is 11.5 Å². The third-order valence-corrected chi connectivity index (χ3v) is 9.09. The molecule has 0 saturated carbocycles. The van der Waals surface area contributed by atoms with Crippen LogP contribution in [-0.2, 0) is 38.9 Å². The lowest BCUT2D eigenvalue weighted by molar-refractivity contribution is 0.171. The Balaban J connectivity index is 0.00000464. The zero-order valence-corrected chi connectivity index (χ0v) is 31.4. The van der Waals surface area contributed by atoms with E-state index in [-0.39, 0.29) is 17.0 Å². The number of hydrogen-bond donors (Lipinski definition) is 2. The molecule has 1 aliphatic heterocycles. The Bertz CT molecular complexity index is 2060. The van der Waals surface area contributed by atoms with E-state index in [1.54, 1.807) is 12.7 Å². The van der Waals surface area contributed by atoms with Gasteiger partial charge >= 0.3 is 0 Å². The second-order valence-corrected chi connectivity index (χ2v) is 12.4. The molecule has 0 atom stereocenters. The average molecular weight is 762 g/mol. The van der Waals surface area contributed by atoms with Gasteiger partial charge < -0.3 is 20.1 Å². The van der Waals surface area contributed by atoms with E-state index >= 15 is 0 Å². The van der Waals surface area contributed by atoms with Gasteiger partial charge in [0, 0.05) is 24.3 Å². The van der Waals surface area contributed by atoms with Gasteiger partial charge in [-0.15, -0.1) is 17.0 Å². The van der Waals surface area contributed by atoms with Crippen LogP contribution in [0.25, 0.3) is 16.8 Å². The molecule has 6 aromatic rings. The van der Waals surface area contributed by atoms with Crippen molar-refractivity contribution in [1.82, 2.24) is 35.2 Å². The highest BCUT2D eigenvalue weighted by Gasteiger charge is 2.18. The van der Waals surface area contributed by atoms with Crippen LogP contribution < -0.4 is 20.1 Å². The number of rotatable bonds is 13. The molecular weight excluding hydrogens is 716 g/mol. The fraction of sp³-hybridized carbons (Fsp3) is 0.268. The first-order valence-corrected chi connectivity index (χ1v) is 17.7. The minimum atomic E-state index is 0. The van der Waals surface area contributed by atoms with Crippen LogP contribution in [0.4, 0.5) is 0 Å². The van der Waals surface area contributed by atoms with E-state index in [1.165, 1.54) is 22.4 Å². The molecular formula is C41H45BrN8O2. The normalized spacial score (nSPS) is 12.3. The Kier molecular flexibility index (Phi) is 12.4. The molecule has 0 aliphatic carbocycles. The highest BCUT2D eigenvalue weighted by atomic mass is 79.9. The van der Waals surface area contributed by atoms with Crippen LogP contribution >= 0.6 is 17.0 Å². The van der Waals surface area contributed by atoms with Crippen LogP contribution in [0.3, 0.4) is 0 Å². The number of halogens is 1. The first-order chi connectivity index (χ1) is 25.2. The van der Waals surface area contributed by atoms with Gasteiger partial charge in [-0.3, -0.25) is 0 Å². The molecule has 4 aromatic carbocycles. The molecule has 11 heteroatoms. The first-order valence-electron chi connectivity index (χ1n) is 17.7. The summed E-state index contributed by atoms with van der Waals surface area (Å²) in [4.78, 5) is 9.20. The quantitative estimate of drug-likeness (QED) is 0.0954. The van der Waals surface area contributed by atoms with Crippen molar-refractivity contribution in [3.8, 4) is 28.3 Å². The van der Waals surface area contributed by atoms with Gasteiger partial charge in [0.1, 0.15) is 25.9 Å². The molecule has 0 unspecified atom stereocenters. The molecule has 0 amide bonds. The number of hydrogen-bond acceptors (Lipinski definition) is 6. The van der Waals surface area contributed by atoms with E-state index in [4.69, 9.17) is 19.6 Å². The zero-order valence-electron chi connectivity index (χ0n) is 29.7. The van der Waals surface area contributed by atoms with E-state index in [0.717, 1.165) is 64.8 Å². The van der Waals surface area contributed by atoms with Gasteiger partial charge in [0.05, 0.1) is 24.5 Å². The van der Waals surface area contributed by atoms with Crippen molar-refractivity contribution in [2.24, 2.45) is 4.99 Å². The van der Waals surface area contributed by atoms with Gasteiger partial charge in [0.25, 0.3) is 0 Å². The van der Waals surface area contributed by atoms with Gasteiger partial charge in [-0.05, 0) is 71.3 Å². The number of fused-ring (bicyclic) bond motifs is 1. The van der Waals surface area contributed by atoms with Crippen LogP contribution in [0, 0.1) is 0 Å². The largest absolute Gasteiger partial charge is 0.486 e. The number of para-hydroxylation sites is 1. The molecule has 0 radical (unpaired) electrons. The Labute approximate surface area is 315 Å². The van der Waals surface area contributed by atoms with E-state index in [9.17, 15) is 0 Å². The SMILES string of the molecule is Br.CCc1nn(-c2ccccc2)c(CC)c1CNC(=NCc1ccccc1-c1ccc(Cn2cncn2)cc1)NCCc1ccc2c(c1)OCCO2. The van der Waals surface area contributed by atoms with Crippen LogP contribution in [0.1, 0.15) is 47.5 Å². The summed E-state index contributed by atoms with van der Waals surface area (Å²) in [5.74, 6) is 2.37. The number of aliphatic imine (C=N–C) groups is 1. The van der Waals surface area contributed by atoms with Crippen molar-refractivity contribution in [2.75, 3.05) is 19.8 Å². The third kappa shape index (κ3) is 8.71. The van der Waals surface area contributed by atoms with Crippen molar-refractivity contribution >= 4 is 22.9 Å². The van der Waals surface area contributed by atoms with Crippen molar-refractivity contribution in [3.63, 3.8) is 0 Å². The zero-order chi connectivity index (χ0) is 34.8. The Morgan fingerprint density at radius 1 is 0.827 bits per heavy atom. The average Bonchev–Trinajstić information content (AvgIpc) is 3.84. The van der Waals surface area contributed by atoms with Crippen LogP contribution in [0.15, 0.2) is 115 Å². The van der Waals surface area contributed by atoms with Crippen molar-refractivity contribution in [3.05, 3.63) is 143 Å². The van der Waals surface area contributed by atoms with Crippen molar-refractivity contribution in [2.45, 2.75) is 52.7 Å². The molecule has 268 valence electrons. The van der Waals surface area contributed by atoms with Crippen LogP contribution in [-0.4, -0.2) is 50.3 Å². The van der Waals surface area contributed by atoms with E-state index < -0.39 is 0 Å². The predicted molar refractivity (Wildman–Crippen MR) is 211 cm³/mol. The molecule has 7 rings (SSSR count). The van der Waals surface area contributed by atoms with Gasteiger partial charge in [-0.25, -0.2) is 19.3 Å². The minimum absolute atomic E-state index is 0. The summed E-state index contributed by atoms with van der Waals surface area (Å²) in [6.45, 7) is 8.03. The molecule has 0 fully saturated rings. The van der Waals surface area contributed by atoms with Gasteiger partial charge in [0.15, 0.2) is 17.5 Å². The van der Waals surface area contributed by atoms with Crippen molar-refractivity contribution in [1.29, 1.82) is 0 Å². The van der Waals surface area contributed by atoms with E-state index in [0.29, 0.717) is 39.4 Å². The number of benzene rings is 4. The number of ether oxygens (including phenoxy) is 2. The van der Waals surface area contributed by atoms with E-state index in [2.05, 4.69) is 124 Å². The molecule has 0 saturated heterocycles. The van der Waals surface area contributed by atoms with E-state index in [1.807, 2.05) is 16.8 Å². The summed E-state index contributed by atoms with van der Waals surface area (Å²) in [5, 5.41) is 16.6. The van der Waals surface area contributed by atoms with Gasteiger partial charge in [-0.2, -0.15) is 10.2 Å². The molecule has 10 nitrogen and oxygen atoms in total. The number of aryl methyl sites for hydroxylation is 1. The lowest BCUT2D eigenvalue weighted by atomic mass is 9.98. The maximum Gasteiger partial charge on any atom is 0.191 e. The number of nitrogens with zero attached hydrogens (tertiary/aromatic N) is 6. The molecule has 0 spiro atoms. The second-order valence-electron chi connectivity index (χ2n) is 12.4. The fourth-order valence-corrected chi connectivity index (χ4v) is 6.48. The highest BCUT2D eigenvalue weighted by molar-refractivity contribution is 8.93. The number of nitrogens with one attached hydrogen (secondary N) is 2. The molecule has 2 N–H and O–H groups in total. The Morgan fingerprint density at radius 3 is 2.37 bits per heavy atom. The summed E-state index contributed by atoms with van der Waals surface area (Å²) in [5.41, 5.74) is 10.4. The second kappa shape index (κ2) is 17.7. The lowest BCUT2D eigenvalue weighted by Gasteiger charge is -2.19. The Hall–Kier alpha value is -5.42. The van der Waals surface area contributed by atoms with Crippen LogP contribution in [0.2, 0.25) is 0 Å². The predicted octanol–water partition coefficient (Wildman–Crippen LogP) is 7.13. The number of aromatic nitrogens is 5. The summed E-state index contributed by atoms with van der Waals surface area (Å²) >= 11 is 0. The smallest absolute Gasteiger partial charge is 0.191 e. The maximum absolute atomic E-state index is 5.83. The third-order valence-electron chi connectivity index (χ3n) is 9.09. The van der Waals surface area contributed by atoms with Crippen molar-refractivity contribution < 1.29 is 9.47 Å². The highest BCUT2D eigenvalue weighted by Crippen LogP contribution is 2.31. The standard InChI is InChI=1S/C41H44N8O2.BrH/c1-3-37-36(38(4-2)49(47-37)34-11-6-5-7-12-34)26-45-41(43-21-20-30-16-19-39-40(24-30)51-23-22-50-39)44-25-33-10-8-9-13-35(33)32-17-14-31(15-18-32)27-48-29-42-28-46-48;/h5-19,24,28-29H,3-4,20-23,25-27H2,1-2H3,(H2,43,44,45);1H. The van der Waals surface area contributed by atoms with Gasteiger partial charge in [0.2, 0.25) is 0 Å². The molecule has 2 aromatic heterocycles. The number of guanidine groups is 1. The molecule has 0 bridgehead atoms. The topological polar surface area (TPSA) is 103 Å². The molecule has 3 heterocycles. The Morgan fingerprint density at radius 2 is 1.60 bits per heavy atom. The maximum atomic E-state index is 5.83. The monoisotopic (exact) mass is 760 g/mol. The fourth-order valence-electron chi connectivity index (χ4n) is 6.48. The summed E-state index contributed by atoms with van der Waals surface area (Å²) < 4.78 is 15.5.